The number of nitrogens with two attached hydrogens (primary N) is 1. The minimum atomic E-state index is 0.862. The summed E-state index contributed by atoms with van der Waals surface area (Å²) in [5.41, 5.74) is 9.18. The fraction of sp³-hybridized carbons (Fsp3) is 0.312. The summed E-state index contributed by atoms with van der Waals surface area (Å²) in [5, 5.41) is 0. The third-order valence-corrected chi connectivity index (χ3v) is 4.29. The van der Waals surface area contributed by atoms with E-state index in [2.05, 4.69) is 42.8 Å². The average Bonchev–Trinajstić information content (AvgIpc) is 2.51. The highest BCUT2D eigenvalue weighted by molar-refractivity contribution is 9.10. The van der Waals surface area contributed by atoms with Crippen LogP contribution in [0.4, 0.5) is 11.4 Å². The second kappa shape index (κ2) is 6.45. The van der Waals surface area contributed by atoms with E-state index in [9.17, 15) is 0 Å². The monoisotopic (exact) mass is 346 g/mol. The van der Waals surface area contributed by atoms with Crippen molar-refractivity contribution >= 4 is 27.3 Å². The largest absolute Gasteiger partial charge is 0.397 e. The minimum absolute atomic E-state index is 0.862. The number of aromatic nitrogens is 1. The normalized spacial score (nSPS) is 16.1. The molecule has 0 saturated carbocycles. The van der Waals surface area contributed by atoms with Gasteiger partial charge in [0, 0.05) is 43.4 Å². The predicted octanol–water partition coefficient (Wildman–Crippen LogP) is 2.75. The third-order valence-electron chi connectivity index (χ3n) is 3.82. The van der Waals surface area contributed by atoms with Gasteiger partial charge in [0.05, 0.1) is 17.1 Å². The Morgan fingerprint density at radius 1 is 1.05 bits per heavy atom. The van der Waals surface area contributed by atoms with E-state index in [1.54, 1.807) is 0 Å². The Hall–Kier alpha value is -1.59. The van der Waals surface area contributed by atoms with Crippen LogP contribution in [0.15, 0.2) is 47.1 Å². The van der Waals surface area contributed by atoms with Gasteiger partial charge in [0.2, 0.25) is 0 Å². The van der Waals surface area contributed by atoms with Gasteiger partial charge in [-0.2, -0.15) is 0 Å². The Kier molecular flexibility index (Phi) is 4.41. The van der Waals surface area contributed by atoms with E-state index < -0.39 is 0 Å². The molecule has 1 aromatic carbocycles. The van der Waals surface area contributed by atoms with E-state index in [-0.39, 0.29) is 0 Å². The zero-order chi connectivity index (χ0) is 14.7. The van der Waals surface area contributed by atoms with Gasteiger partial charge in [0.25, 0.3) is 0 Å². The Labute approximate surface area is 133 Å². The fourth-order valence-corrected chi connectivity index (χ4v) is 2.89. The quantitative estimate of drug-likeness (QED) is 0.868. The SMILES string of the molecule is Nc1ccccc1N1CCN(Cc2ccc(Br)cn2)CC1. The summed E-state index contributed by atoms with van der Waals surface area (Å²) in [6.45, 7) is 4.99. The lowest BCUT2D eigenvalue weighted by Crippen LogP contribution is -2.46. The fourth-order valence-electron chi connectivity index (χ4n) is 2.65. The van der Waals surface area contributed by atoms with E-state index in [0.717, 1.165) is 54.3 Å². The van der Waals surface area contributed by atoms with E-state index >= 15 is 0 Å². The molecule has 2 aromatic rings. The summed E-state index contributed by atoms with van der Waals surface area (Å²) >= 11 is 3.42. The van der Waals surface area contributed by atoms with Gasteiger partial charge in [-0.05, 0) is 40.2 Å². The van der Waals surface area contributed by atoms with E-state index in [0.29, 0.717) is 0 Å². The van der Waals surface area contributed by atoms with Crippen molar-refractivity contribution in [3.05, 3.63) is 52.8 Å². The van der Waals surface area contributed by atoms with Crippen LogP contribution in [0.3, 0.4) is 0 Å². The van der Waals surface area contributed by atoms with Gasteiger partial charge in [-0.1, -0.05) is 12.1 Å². The molecule has 1 aliphatic heterocycles. The maximum Gasteiger partial charge on any atom is 0.0600 e. The lowest BCUT2D eigenvalue weighted by Gasteiger charge is -2.36. The standard InChI is InChI=1S/C16H19BrN4/c17-13-5-6-14(19-11-13)12-20-7-9-21(10-8-20)16-4-2-1-3-15(16)18/h1-6,11H,7-10,12,18H2. The average molecular weight is 347 g/mol. The third kappa shape index (κ3) is 3.54. The lowest BCUT2D eigenvalue weighted by atomic mass is 10.2. The van der Waals surface area contributed by atoms with E-state index in [1.807, 2.05) is 30.5 Å². The molecule has 0 amide bonds. The van der Waals surface area contributed by atoms with Gasteiger partial charge in [-0.15, -0.1) is 0 Å². The van der Waals surface area contributed by atoms with Crippen molar-refractivity contribution in [1.29, 1.82) is 0 Å². The molecule has 110 valence electrons. The van der Waals surface area contributed by atoms with Gasteiger partial charge in [-0.3, -0.25) is 9.88 Å². The van der Waals surface area contributed by atoms with Crippen molar-refractivity contribution in [2.75, 3.05) is 36.8 Å². The van der Waals surface area contributed by atoms with Crippen molar-refractivity contribution in [1.82, 2.24) is 9.88 Å². The number of para-hydroxylation sites is 2. The number of piperazine rings is 1. The van der Waals surface area contributed by atoms with Crippen LogP contribution < -0.4 is 10.6 Å². The highest BCUT2D eigenvalue weighted by atomic mass is 79.9. The van der Waals surface area contributed by atoms with Crippen LogP contribution in [0, 0.1) is 0 Å². The van der Waals surface area contributed by atoms with Gasteiger partial charge in [0.1, 0.15) is 0 Å². The molecule has 2 heterocycles. The number of hydrogen-bond donors (Lipinski definition) is 1. The maximum absolute atomic E-state index is 6.05. The molecule has 0 bridgehead atoms. The molecular weight excluding hydrogens is 328 g/mol. The summed E-state index contributed by atoms with van der Waals surface area (Å²) in [6, 6.07) is 12.2. The first kappa shape index (κ1) is 14.4. The smallest absolute Gasteiger partial charge is 0.0600 e. The summed E-state index contributed by atoms with van der Waals surface area (Å²) in [7, 11) is 0. The molecule has 0 atom stereocenters. The number of nitrogen functional groups attached to an aromatic ring is 1. The van der Waals surface area contributed by atoms with Crippen LogP contribution in [0.2, 0.25) is 0 Å². The molecule has 0 aliphatic carbocycles. The first-order chi connectivity index (χ1) is 10.2. The molecule has 4 nitrogen and oxygen atoms in total. The second-order valence-electron chi connectivity index (χ2n) is 5.29. The molecule has 0 spiro atoms. The summed E-state index contributed by atoms with van der Waals surface area (Å²) in [4.78, 5) is 9.24. The molecule has 1 aliphatic rings. The maximum atomic E-state index is 6.05. The first-order valence-electron chi connectivity index (χ1n) is 7.14. The summed E-state index contributed by atoms with van der Waals surface area (Å²) < 4.78 is 1.02. The van der Waals surface area contributed by atoms with Crippen LogP contribution in [-0.4, -0.2) is 36.1 Å². The van der Waals surface area contributed by atoms with Gasteiger partial charge < -0.3 is 10.6 Å². The molecule has 1 aromatic heterocycles. The van der Waals surface area contributed by atoms with E-state index in [4.69, 9.17) is 5.73 Å². The van der Waals surface area contributed by atoms with Crippen LogP contribution >= 0.6 is 15.9 Å². The lowest BCUT2D eigenvalue weighted by molar-refractivity contribution is 0.247. The molecule has 1 fully saturated rings. The number of rotatable bonds is 3. The predicted molar refractivity (Wildman–Crippen MR) is 90.3 cm³/mol. The zero-order valence-corrected chi connectivity index (χ0v) is 13.5. The van der Waals surface area contributed by atoms with Crippen LogP contribution in [0.5, 0.6) is 0 Å². The molecule has 2 N–H and O–H groups in total. The Morgan fingerprint density at radius 2 is 1.81 bits per heavy atom. The van der Waals surface area contributed by atoms with Crippen molar-refractivity contribution in [3.8, 4) is 0 Å². The van der Waals surface area contributed by atoms with Crippen molar-refractivity contribution < 1.29 is 0 Å². The number of benzene rings is 1. The molecule has 1 saturated heterocycles. The molecule has 0 radical (unpaired) electrons. The van der Waals surface area contributed by atoms with Crippen molar-refractivity contribution in [2.24, 2.45) is 0 Å². The molecule has 3 rings (SSSR count). The highest BCUT2D eigenvalue weighted by Gasteiger charge is 2.18. The highest BCUT2D eigenvalue weighted by Crippen LogP contribution is 2.23. The molecule has 21 heavy (non-hydrogen) atoms. The van der Waals surface area contributed by atoms with Crippen LogP contribution in [0.1, 0.15) is 5.69 Å². The van der Waals surface area contributed by atoms with Crippen LogP contribution in [0.25, 0.3) is 0 Å². The number of halogens is 1. The number of pyridine rings is 1. The molecular formula is C16H19BrN4. The second-order valence-corrected chi connectivity index (χ2v) is 6.21. The van der Waals surface area contributed by atoms with Gasteiger partial charge in [0.15, 0.2) is 0 Å². The molecule has 0 unspecified atom stereocenters. The Morgan fingerprint density at radius 3 is 2.48 bits per heavy atom. The van der Waals surface area contributed by atoms with Gasteiger partial charge in [-0.25, -0.2) is 0 Å². The molecule has 5 heteroatoms. The first-order valence-corrected chi connectivity index (χ1v) is 7.94. The summed E-state index contributed by atoms with van der Waals surface area (Å²) in [6.07, 6.45) is 1.86. The number of hydrogen-bond acceptors (Lipinski definition) is 4. The summed E-state index contributed by atoms with van der Waals surface area (Å²) in [5.74, 6) is 0. The Balaban J connectivity index is 1.58. The van der Waals surface area contributed by atoms with Crippen LogP contribution in [-0.2, 0) is 6.54 Å². The number of anilines is 2. The van der Waals surface area contributed by atoms with Gasteiger partial charge >= 0.3 is 0 Å². The Bertz CT molecular complexity index is 591. The minimum Gasteiger partial charge on any atom is -0.397 e. The van der Waals surface area contributed by atoms with Crippen molar-refractivity contribution in [2.45, 2.75) is 6.54 Å². The number of nitrogens with zero attached hydrogens (tertiary/aromatic N) is 3. The topological polar surface area (TPSA) is 45.4 Å². The zero-order valence-electron chi connectivity index (χ0n) is 11.9. The van der Waals surface area contributed by atoms with E-state index in [1.165, 1.54) is 0 Å². The van der Waals surface area contributed by atoms with Crippen molar-refractivity contribution in [3.63, 3.8) is 0 Å².